The zero-order valence-electron chi connectivity index (χ0n) is 13.4. The zero-order chi connectivity index (χ0) is 17.3. The van der Waals surface area contributed by atoms with Crippen LogP contribution in [-0.2, 0) is 19.1 Å². The van der Waals surface area contributed by atoms with Gasteiger partial charge in [-0.05, 0) is 19.3 Å². The van der Waals surface area contributed by atoms with Gasteiger partial charge >= 0.3 is 12.1 Å². The van der Waals surface area contributed by atoms with Gasteiger partial charge in [0.05, 0.1) is 18.6 Å². The number of ether oxygens (including phenoxy) is 2. The number of rotatable bonds is 9. The lowest BCUT2D eigenvalue weighted by Gasteiger charge is -2.21. The summed E-state index contributed by atoms with van der Waals surface area (Å²) < 4.78 is 9.13. The maximum atomic E-state index is 11.7. The molecule has 0 aliphatic heterocycles. The molecular formula is C12H23N3O7. The fourth-order valence-electron chi connectivity index (χ4n) is 1.45. The van der Waals surface area contributed by atoms with Crippen molar-refractivity contribution in [1.82, 2.24) is 5.01 Å². The molecule has 0 fully saturated rings. The van der Waals surface area contributed by atoms with Crippen LogP contribution in [0.1, 0.15) is 34.1 Å². The van der Waals surface area contributed by atoms with E-state index in [2.05, 4.69) is 19.6 Å². The number of hydrogen-bond acceptors (Lipinski definition) is 7. The van der Waals surface area contributed by atoms with E-state index in [-0.39, 0.29) is 23.9 Å². The Morgan fingerprint density at radius 1 is 1.36 bits per heavy atom. The molecule has 22 heavy (non-hydrogen) atoms. The van der Waals surface area contributed by atoms with Crippen LogP contribution in [0.3, 0.4) is 0 Å². The molecule has 0 amide bonds. The summed E-state index contributed by atoms with van der Waals surface area (Å²) in [6.45, 7) is 6.74. The van der Waals surface area contributed by atoms with Crippen LogP contribution < -0.4 is 0 Å². The number of hydrazine groups is 1. The van der Waals surface area contributed by atoms with Gasteiger partial charge in [-0.15, -0.1) is 5.01 Å². The predicted octanol–water partition coefficient (Wildman–Crippen LogP) is 1.75. The Morgan fingerprint density at radius 2 is 1.95 bits per heavy atom. The molecule has 0 spiro atoms. The summed E-state index contributed by atoms with van der Waals surface area (Å²) in [6.07, 6.45) is -1.86. The molecule has 0 heterocycles. The van der Waals surface area contributed by atoms with Gasteiger partial charge < -0.3 is 19.8 Å². The minimum atomic E-state index is -1.16. The van der Waals surface area contributed by atoms with Crippen molar-refractivity contribution in [3.63, 3.8) is 0 Å². The Bertz CT molecular complexity index is 400. The molecule has 1 N–H and O–H groups in total. The Kier molecular flexibility index (Phi) is 8.65. The van der Waals surface area contributed by atoms with Crippen molar-refractivity contribution >= 4 is 12.1 Å². The Morgan fingerprint density at radius 3 is 2.41 bits per heavy atom. The molecule has 0 aromatic carbocycles. The van der Waals surface area contributed by atoms with Gasteiger partial charge in [0, 0.05) is 6.92 Å². The van der Waals surface area contributed by atoms with Crippen molar-refractivity contribution in [2.24, 2.45) is 11.2 Å². The SMILES string of the molecule is CCOC(=O)OC(C)O/N=[N+](\[O-])N(C)[C@@H](CC(C)C)C(=O)O. The van der Waals surface area contributed by atoms with Gasteiger partial charge in [-0.2, -0.15) is 0 Å². The van der Waals surface area contributed by atoms with E-state index in [1.807, 2.05) is 13.8 Å². The average molecular weight is 321 g/mol. The number of carboxylic acid groups (broad SMARTS) is 1. The highest BCUT2D eigenvalue weighted by Crippen LogP contribution is 2.11. The predicted molar refractivity (Wildman–Crippen MR) is 73.4 cm³/mol. The molecular weight excluding hydrogens is 298 g/mol. The number of likely N-dealkylation sites (N-methyl/N-ethyl adjacent to an activating group) is 1. The highest BCUT2D eigenvalue weighted by atomic mass is 16.8. The molecule has 10 heteroatoms. The van der Waals surface area contributed by atoms with E-state index in [0.29, 0.717) is 0 Å². The number of nitrogens with zero attached hydrogens (tertiary/aromatic N) is 3. The molecule has 0 aliphatic carbocycles. The highest BCUT2D eigenvalue weighted by Gasteiger charge is 2.29. The lowest BCUT2D eigenvalue weighted by atomic mass is 10.0. The van der Waals surface area contributed by atoms with E-state index >= 15 is 0 Å². The molecule has 0 aromatic heterocycles. The minimum absolute atomic E-state index is 0.00776. The molecule has 0 saturated heterocycles. The van der Waals surface area contributed by atoms with E-state index < -0.39 is 24.5 Å². The van der Waals surface area contributed by atoms with Crippen molar-refractivity contribution < 1.29 is 34.0 Å². The van der Waals surface area contributed by atoms with Crippen molar-refractivity contribution in [2.75, 3.05) is 13.7 Å². The second-order valence-electron chi connectivity index (χ2n) is 4.87. The van der Waals surface area contributed by atoms with E-state index in [9.17, 15) is 14.8 Å². The lowest BCUT2D eigenvalue weighted by molar-refractivity contribution is -0.712. The van der Waals surface area contributed by atoms with E-state index in [0.717, 1.165) is 5.01 Å². The van der Waals surface area contributed by atoms with E-state index in [1.165, 1.54) is 14.0 Å². The summed E-state index contributed by atoms with van der Waals surface area (Å²) in [7, 11) is 1.28. The summed E-state index contributed by atoms with van der Waals surface area (Å²) in [5.74, 6) is -1.08. The standard InChI is InChI=1S/C12H23N3O7/c1-6-20-12(18)21-9(4)22-13-15(19)14(5)10(11(16)17)7-8(2)3/h8-10H,6-7H2,1-5H3,(H,16,17)/b15-13-/t9?,10-/m0/s1. The summed E-state index contributed by atoms with van der Waals surface area (Å²) in [4.78, 5) is 26.8. The van der Waals surface area contributed by atoms with Crippen LogP contribution in [0.25, 0.3) is 0 Å². The smallest absolute Gasteiger partial charge is 0.511 e. The van der Waals surface area contributed by atoms with Crippen LogP contribution in [0, 0.1) is 11.1 Å². The number of hydrogen-bond donors (Lipinski definition) is 1. The topological polar surface area (TPSA) is 124 Å². The number of carboxylic acids is 1. The van der Waals surface area contributed by atoms with Crippen LogP contribution in [0.15, 0.2) is 5.28 Å². The number of aliphatic carboxylic acids is 1. The number of carbonyl (C=O) groups excluding carboxylic acids is 1. The second kappa shape index (κ2) is 9.64. The Labute approximate surface area is 128 Å². The van der Waals surface area contributed by atoms with E-state index in [1.54, 1.807) is 6.92 Å². The van der Waals surface area contributed by atoms with Crippen molar-refractivity contribution in [3.8, 4) is 0 Å². The van der Waals surface area contributed by atoms with Crippen LogP contribution in [0.4, 0.5) is 4.79 Å². The summed E-state index contributed by atoms with van der Waals surface area (Å²) in [5, 5.41) is 24.9. The molecule has 2 atom stereocenters. The number of carbonyl (C=O) groups is 2. The summed E-state index contributed by atoms with van der Waals surface area (Å²) in [5.41, 5.74) is 0. The summed E-state index contributed by atoms with van der Waals surface area (Å²) in [6, 6.07) is -1.05. The second-order valence-corrected chi connectivity index (χ2v) is 4.87. The Hall–Kier alpha value is -2.26. The van der Waals surface area contributed by atoms with Crippen molar-refractivity contribution in [1.29, 1.82) is 0 Å². The van der Waals surface area contributed by atoms with Gasteiger partial charge in [-0.3, -0.25) is 4.84 Å². The molecule has 0 aromatic rings. The first-order chi connectivity index (χ1) is 10.2. The molecule has 0 bridgehead atoms. The minimum Gasteiger partial charge on any atom is -0.569 e. The first-order valence-corrected chi connectivity index (χ1v) is 6.82. The zero-order valence-corrected chi connectivity index (χ0v) is 13.4. The summed E-state index contributed by atoms with van der Waals surface area (Å²) >= 11 is 0. The molecule has 1 unspecified atom stereocenters. The first-order valence-electron chi connectivity index (χ1n) is 6.82. The normalized spacial score (nSPS) is 14.2. The molecule has 0 aliphatic rings. The fourth-order valence-corrected chi connectivity index (χ4v) is 1.45. The third-order valence-corrected chi connectivity index (χ3v) is 2.49. The van der Waals surface area contributed by atoms with Gasteiger partial charge in [-0.1, -0.05) is 13.8 Å². The van der Waals surface area contributed by atoms with Gasteiger partial charge in [0.1, 0.15) is 0 Å². The van der Waals surface area contributed by atoms with Crippen LogP contribution in [-0.4, -0.2) is 53.2 Å². The molecule has 10 nitrogen and oxygen atoms in total. The third kappa shape index (κ3) is 7.50. The highest BCUT2D eigenvalue weighted by molar-refractivity contribution is 5.73. The molecule has 0 radical (unpaired) electrons. The average Bonchev–Trinajstić information content (AvgIpc) is 2.41. The van der Waals surface area contributed by atoms with Gasteiger partial charge in [-0.25, -0.2) is 9.59 Å². The van der Waals surface area contributed by atoms with Gasteiger partial charge in [0.25, 0.3) is 6.29 Å². The van der Waals surface area contributed by atoms with Crippen molar-refractivity contribution in [3.05, 3.63) is 5.21 Å². The first kappa shape index (κ1) is 19.7. The Balaban J connectivity index is 4.61. The third-order valence-electron chi connectivity index (χ3n) is 2.49. The van der Waals surface area contributed by atoms with Gasteiger partial charge in [0.2, 0.25) is 5.28 Å². The monoisotopic (exact) mass is 321 g/mol. The maximum absolute atomic E-state index is 11.7. The van der Waals surface area contributed by atoms with Crippen LogP contribution in [0.2, 0.25) is 0 Å². The molecule has 0 rings (SSSR count). The quantitative estimate of drug-likeness (QED) is 0.224. The fraction of sp³-hybridized carbons (Fsp3) is 0.833. The van der Waals surface area contributed by atoms with Crippen LogP contribution in [0.5, 0.6) is 0 Å². The van der Waals surface area contributed by atoms with Gasteiger partial charge in [0.15, 0.2) is 6.04 Å². The maximum Gasteiger partial charge on any atom is 0.511 e. The molecule has 0 saturated carbocycles. The molecule has 128 valence electrons. The largest absolute Gasteiger partial charge is 0.569 e. The van der Waals surface area contributed by atoms with Crippen LogP contribution >= 0.6 is 0 Å². The van der Waals surface area contributed by atoms with Crippen molar-refractivity contribution in [2.45, 2.75) is 46.4 Å². The lowest BCUT2D eigenvalue weighted by Crippen LogP contribution is -2.43. The van der Waals surface area contributed by atoms with E-state index in [4.69, 9.17) is 5.11 Å².